The molecule has 20 heavy (non-hydrogen) atoms. The van der Waals surface area contributed by atoms with Crippen LogP contribution < -0.4 is 5.32 Å². The third-order valence-electron chi connectivity index (χ3n) is 3.60. The summed E-state index contributed by atoms with van der Waals surface area (Å²) in [5, 5.41) is 4.99. The van der Waals surface area contributed by atoms with Gasteiger partial charge in [-0.1, -0.05) is 30.3 Å². The molecule has 1 saturated carbocycles. The van der Waals surface area contributed by atoms with Crippen molar-refractivity contribution in [3.8, 4) is 0 Å². The molecule has 1 aromatic carbocycles. The molecule has 0 unspecified atom stereocenters. The number of benzene rings is 1. The van der Waals surface area contributed by atoms with Crippen LogP contribution in [0.3, 0.4) is 0 Å². The minimum Gasteiger partial charge on any atom is -0.301 e. The number of hydrogen-bond acceptors (Lipinski definition) is 4. The molecule has 2 aromatic rings. The van der Waals surface area contributed by atoms with Gasteiger partial charge in [0, 0.05) is 12.3 Å². The highest BCUT2D eigenvalue weighted by Crippen LogP contribution is 2.48. The Kier molecular flexibility index (Phi) is 3.14. The van der Waals surface area contributed by atoms with E-state index in [0.29, 0.717) is 10.8 Å². The van der Waals surface area contributed by atoms with Crippen LogP contribution in [0.5, 0.6) is 0 Å². The first-order chi connectivity index (χ1) is 9.62. The average Bonchev–Trinajstić information content (AvgIpc) is 3.14. The van der Waals surface area contributed by atoms with Crippen LogP contribution >= 0.6 is 11.3 Å². The molecule has 1 aliphatic carbocycles. The molecule has 0 saturated heterocycles. The van der Waals surface area contributed by atoms with Crippen LogP contribution in [-0.4, -0.2) is 16.7 Å². The normalized spacial score (nSPS) is 15.7. The van der Waals surface area contributed by atoms with Gasteiger partial charge in [0.05, 0.1) is 5.41 Å². The fourth-order valence-corrected chi connectivity index (χ4v) is 2.98. The summed E-state index contributed by atoms with van der Waals surface area (Å²) in [7, 11) is 0. The highest BCUT2D eigenvalue weighted by molar-refractivity contribution is 7.14. The van der Waals surface area contributed by atoms with Crippen molar-refractivity contribution in [1.29, 1.82) is 0 Å². The van der Waals surface area contributed by atoms with Gasteiger partial charge in [0.2, 0.25) is 5.91 Å². The Morgan fingerprint density at radius 1 is 1.25 bits per heavy atom. The lowest BCUT2D eigenvalue weighted by Gasteiger charge is -2.14. The smallest absolute Gasteiger partial charge is 0.236 e. The van der Waals surface area contributed by atoms with Crippen LogP contribution in [0.25, 0.3) is 0 Å². The Hall–Kier alpha value is -2.01. The highest BCUT2D eigenvalue weighted by atomic mass is 32.1. The van der Waals surface area contributed by atoms with Gasteiger partial charge in [-0.25, -0.2) is 4.98 Å². The van der Waals surface area contributed by atoms with Crippen LogP contribution in [0.2, 0.25) is 0 Å². The van der Waals surface area contributed by atoms with E-state index in [1.54, 1.807) is 5.38 Å². The number of amides is 1. The molecule has 1 fully saturated rings. The summed E-state index contributed by atoms with van der Waals surface area (Å²) in [4.78, 5) is 27.8. The number of hydrogen-bond donors (Lipinski definition) is 1. The van der Waals surface area contributed by atoms with Crippen LogP contribution in [0, 0.1) is 0 Å². The first kappa shape index (κ1) is 13.0. The van der Waals surface area contributed by atoms with Crippen molar-refractivity contribution in [2.45, 2.75) is 25.2 Å². The SMILES string of the molecule is CC(=O)c1csc(NC(=O)C2(c3ccccc3)CC2)n1. The monoisotopic (exact) mass is 286 g/mol. The zero-order valence-corrected chi connectivity index (χ0v) is 11.9. The molecule has 0 aliphatic heterocycles. The zero-order valence-electron chi connectivity index (χ0n) is 11.1. The maximum absolute atomic E-state index is 12.4. The summed E-state index contributed by atoms with van der Waals surface area (Å²) < 4.78 is 0. The van der Waals surface area contributed by atoms with Crippen molar-refractivity contribution < 1.29 is 9.59 Å². The second-order valence-electron chi connectivity index (χ2n) is 5.00. The van der Waals surface area contributed by atoms with E-state index >= 15 is 0 Å². The van der Waals surface area contributed by atoms with Gasteiger partial charge in [0.25, 0.3) is 0 Å². The van der Waals surface area contributed by atoms with E-state index in [4.69, 9.17) is 0 Å². The minimum absolute atomic E-state index is 0.0341. The standard InChI is InChI=1S/C15H14N2O2S/c1-10(18)12-9-20-14(16-12)17-13(19)15(7-8-15)11-5-3-2-4-6-11/h2-6,9H,7-8H2,1H3,(H,16,17,19). The highest BCUT2D eigenvalue weighted by Gasteiger charge is 2.51. The van der Waals surface area contributed by atoms with Gasteiger partial charge in [0.1, 0.15) is 5.69 Å². The molecule has 1 N–H and O–H groups in total. The quantitative estimate of drug-likeness (QED) is 0.879. The lowest BCUT2D eigenvalue weighted by atomic mass is 9.95. The van der Waals surface area contributed by atoms with Gasteiger partial charge in [-0.2, -0.15) is 0 Å². The minimum atomic E-state index is -0.413. The van der Waals surface area contributed by atoms with Gasteiger partial charge in [-0.3, -0.25) is 9.59 Å². The van der Waals surface area contributed by atoms with Crippen molar-refractivity contribution in [2.24, 2.45) is 0 Å². The van der Waals surface area contributed by atoms with E-state index in [2.05, 4.69) is 10.3 Å². The van der Waals surface area contributed by atoms with E-state index < -0.39 is 5.41 Å². The van der Waals surface area contributed by atoms with Crippen molar-refractivity contribution in [3.05, 3.63) is 47.0 Å². The van der Waals surface area contributed by atoms with Gasteiger partial charge in [0.15, 0.2) is 10.9 Å². The summed E-state index contributed by atoms with van der Waals surface area (Å²) in [6, 6.07) is 9.79. The number of rotatable bonds is 4. The number of nitrogens with zero attached hydrogens (tertiary/aromatic N) is 1. The maximum atomic E-state index is 12.4. The van der Waals surface area contributed by atoms with Crippen molar-refractivity contribution >= 4 is 28.2 Å². The van der Waals surface area contributed by atoms with Gasteiger partial charge >= 0.3 is 0 Å². The summed E-state index contributed by atoms with van der Waals surface area (Å²) >= 11 is 1.28. The third kappa shape index (κ3) is 2.25. The number of carbonyl (C=O) groups is 2. The Morgan fingerprint density at radius 3 is 2.50 bits per heavy atom. The molecule has 1 heterocycles. The summed E-state index contributed by atoms with van der Waals surface area (Å²) in [5.41, 5.74) is 1.03. The molecular formula is C15H14N2O2S. The molecule has 102 valence electrons. The number of thiazole rings is 1. The molecular weight excluding hydrogens is 272 g/mol. The van der Waals surface area contributed by atoms with E-state index in [-0.39, 0.29) is 11.7 Å². The molecule has 0 spiro atoms. The first-order valence-corrected chi connectivity index (χ1v) is 7.33. The fourth-order valence-electron chi connectivity index (χ4n) is 2.24. The molecule has 4 nitrogen and oxygen atoms in total. The number of carbonyl (C=O) groups excluding carboxylic acids is 2. The largest absolute Gasteiger partial charge is 0.301 e. The van der Waals surface area contributed by atoms with Gasteiger partial charge in [-0.05, 0) is 18.4 Å². The van der Waals surface area contributed by atoms with E-state index in [1.807, 2.05) is 30.3 Å². The van der Waals surface area contributed by atoms with E-state index in [9.17, 15) is 9.59 Å². The Balaban J connectivity index is 1.78. The molecule has 1 amide bonds. The summed E-state index contributed by atoms with van der Waals surface area (Å²) in [6.07, 6.45) is 1.71. The van der Waals surface area contributed by atoms with Crippen molar-refractivity contribution in [3.63, 3.8) is 0 Å². The fraction of sp³-hybridized carbons (Fsp3) is 0.267. The maximum Gasteiger partial charge on any atom is 0.236 e. The molecule has 3 rings (SSSR count). The topological polar surface area (TPSA) is 59.1 Å². The number of aromatic nitrogens is 1. The third-order valence-corrected chi connectivity index (χ3v) is 4.35. The van der Waals surface area contributed by atoms with Crippen LogP contribution in [0.4, 0.5) is 5.13 Å². The zero-order chi connectivity index (χ0) is 14.2. The van der Waals surface area contributed by atoms with E-state index in [1.165, 1.54) is 18.3 Å². The van der Waals surface area contributed by atoms with E-state index in [0.717, 1.165) is 18.4 Å². The summed E-state index contributed by atoms with van der Waals surface area (Å²) in [5.74, 6) is -0.126. The predicted octanol–water partition coefficient (Wildman–Crippen LogP) is 3.02. The first-order valence-electron chi connectivity index (χ1n) is 6.45. The van der Waals surface area contributed by atoms with Gasteiger partial charge < -0.3 is 5.32 Å². The molecule has 0 atom stereocenters. The number of anilines is 1. The lowest BCUT2D eigenvalue weighted by molar-refractivity contribution is -0.118. The van der Waals surface area contributed by atoms with Crippen LogP contribution in [0.15, 0.2) is 35.7 Å². The lowest BCUT2D eigenvalue weighted by Crippen LogP contribution is -2.27. The van der Waals surface area contributed by atoms with Crippen molar-refractivity contribution in [1.82, 2.24) is 4.98 Å². The Morgan fingerprint density at radius 2 is 1.95 bits per heavy atom. The average molecular weight is 286 g/mol. The number of nitrogens with one attached hydrogen (secondary N) is 1. The number of ketones is 1. The summed E-state index contributed by atoms with van der Waals surface area (Å²) in [6.45, 7) is 1.47. The van der Waals surface area contributed by atoms with Crippen LogP contribution in [0.1, 0.15) is 35.8 Å². The number of Topliss-reactive ketones (excluding diaryl/α,β-unsaturated/α-hetero) is 1. The molecule has 0 bridgehead atoms. The Labute approximate surface area is 120 Å². The molecule has 1 aliphatic rings. The second kappa shape index (κ2) is 4.83. The molecule has 5 heteroatoms. The predicted molar refractivity (Wildman–Crippen MR) is 78.1 cm³/mol. The second-order valence-corrected chi connectivity index (χ2v) is 5.85. The molecule has 0 radical (unpaired) electrons. The van der Waals surface area contributed by atoms with Gasteiger partial charge in [-0.15, -0.1) is 11.3 Å². The molecule has 1 aromatic heterocycles. The van der Waals surface area contributed by atoms with Crippen molar-refractivity contribution in [2.75, 3.05) is 5.32 Å². The van der Waals surface area contributed by atoms with Crippen LogP contribution in [-0.2, 0) is 10.2 Å². The Bertz CT molecular complexity index is 660.